The minimum Gasteiger partial charge on any atom is -0.394 e. The molecule has 1 aliphatic rings. The van der Waals surface area contributed by atoms with Crippen LogP contribution < -0.4 is 17.0 Å². The molecule has 0 saturated carbocycles. The number of amides is 1. The molecule has 0 aliphatic carbocycles. The summed E-state index contributed by atoms with van der Waals surface area (Å²) >= 11 is 0. The van der Waals surface area contributed by atoms with E-state index in [4.69, 9.17) is 16.8 Å². The van der Waals surface area contributed by atoms with Crippen LogP contribution in [0, 0.1) is 5.82 Å². The number of pyridine rings is 2. The van der Waals surface area contributed by atoms with E-state index in [0.29, 0.717) is 48.0 Å². The summed E-state index contributed by atoms with van der Waals surface area (Å²) in [7, 11) is 1.77. The molecule has 3 heterocycles. The number of anilines is 1. The minimum absolute atomic E-state index is 0.0960. The lowest BCUT2D eigenvalue weighted by atomic mass is 10.1. The van der Waals surface area contributed by atoms with Gasteiger partial charge in [0.05, 0.1) is 12.6 Å². The summed E-state index contributed by atoms with van der Waals surface area (Å²) in [6, 6.07) is 12.2. The second-order valence-corrected chi connectivity index (χ2v) is 8.21. The number of rotatable bonds is 6. The number of halogens is 1. The van der Waals surface area contributed by atoms with E-state index in [1.54, 1.807) is 37.2 Å². The number of hydrazone groups is 1. The Morgan fingerprint density at radius 3 is 2.59 bits per heavy atom. The van der Waals surface area contributed by atoms with E-state index < -0.39 is 0 Å². The van der Waals surface area contributed by atoms with Crippen LogP contribution in [0.3, 0.4) is 0 Å². The van der Waals surface area contributed by atoms with Crippen molar-refractivity contribution in [2.45, 2.75) is 26.1 Å². The van der Waals surface area contributed by atoms with Crippen molar-refractivity contribution in [1.82, 2.24) is 19.9 Å². The van der Waals surface area contributed by atoms with Crippen LogP contribution in [-0.2, 0) is 13.1 Å². The third-order valence-corrected chi connectivity index (χ3v) is 5.67. The van der Waals surface area contributed by atoms with Crippen molar-refractivity contribution in [2.75, 3.05) is 19.0 Å². The fraction of sp³-hybridized carbons (Fsp3) is 0.240. The van der Waals surface area contributed by atoms with Crippen molar-refractivity contribution in [3.05, 3.63) is 88.6 Å². The highest BCUT2D eigenvalue weighted by molar-refractivity contribution is 5.97. The summed E-state index contributed by atoms with van der Waals surface area (Å²) in [5.74, 6) is 11.6. The molecule has 1 amide bonds. The zero-order chi connectivity index (χ0) is 26.9. The van der Waals surface area contributed by atoms with Gasteiger partial charge in [-0.15, -0.1) is 0 Å². The maximum Gasteiger partial charge on any atom is 0.254 e. The molecule has 1 atom stereocenters. The van der Waals surface area contributed by atoms with Crippen LogP contribution in [0.1, 0.15) is 44.6 Å². The maximum absolute atomic E-state index is 12.9. The summed E-state index contributed by atoms with van der Waals surface area (Å²) in [4.78, 5) is 32.9. The molecular weight excluding hydrogens is 479 g/mol. The fourth-order valence-electron chi connectivity index (χ4n) is 3.54. The van der Waals surface area contributed by atoms with Crippen LogP contribution in [0.4, 0.5) is 10.2 Å². The normalized spacial score (nSPS) is 13.2. The molecule has 6 N–H and O–H groups in total. The van der Waals surface area contributed by atoms with Gasteiger partial charge >= 0.3 is 0 Å². The number of hydrazine groups is 1. The Hall–Kier alpha value is -4.42. The number of aliphatic hydroxyl groups excluding tert-OH is 1. The number of hydrogen-bond donors (Lipinski definition) is 4. The Kier molecular flexibility index (Phi) is 9.19. The van der Waals surface area contributed by atoms with Crippen LogP contribution in [0.15, 0.2) is 59.8 Å². The van der Waals surface area contributed by atoms with Gasteiger partial charge in [0.2, 0.25) is 0 Å². The number of carbonyl (C=O) groups excluding carboxylic acids is 2. The zero-order valence-corrected chi connectivity index (χ0v) is 20.5. The molecule has 1 aromatic carbocycles. The molecular formula is C25H29FN8O3. The first kappa shape index (κ1) is 27.2. The molecule has 12 heteroatoms. The second kappa shape index (κ2) is 12.5. The van der Waals surface area contributed by atoms with Crippen molar-refractivity contribution in [3.63, 3.8) is 0 Å². The Bertz CT molecular complexity index is 1270. The molecule has 4 rings (SSSR count). The summed E-state index contributed by atoms with van der Waals surface area (Å²) < 4.78 is 12.9. The predicted molar refractivity (Wildman–Crippen MR) is 137 cm³/mol. The Morgan fingerprint density at radius 2 is 1.97 bits per heavy atom. The number of nitrogens with two attached hydrogens (primary N) is 2. The number of carbonyl (C=O) groups is 2. The molecule has 194 valence electrons. The number of aldehydes is 1. The molecule has 37 heavy (non-hydrogen) atoms. The number of nitrogens with one attached hydrogen (secondary N) is 1. The summed E-state index contributed by atoms with van der Waals surface area (Å²) in [5, 5.41) is 16.9. The molecule has 11 nitrogen and oxygen atoms in total. The number of aliphatic hydroxyl groups is 1. The highest BCUT2D eigenvalue weighted by Crippen LogP contribution is 2.24. The van der Waals surface area contributed by atoms with Gasteiger partial charge in [0.15, 0.2) is 12.1 Å². The standard InChI is InChI=1S/C15H11FN2O2.C10H18N6O/c16-13-3-1-10(2-4-13)15(20)18-7-11-5-14(9-19)17-6-12(11)8-18;1-7(6-17)16(12)10(15-11)8-4-3-5-9(13-2)14-8/h1-6,9H,7-8H2;3-5,7,17H,6,11-12H2,1-2H3,(H,13,14)/b;15-10-. The van der Waals surface area contributed by atoms with Gasteiger partial charge < -0.3 is 21.2 Å². The zero-order valence-electron chi connectivity index (χ0n) is 20.5. The van der Waals surface area contributed by atoms with E-state index in [9.17, 15) is 14.0 Å². The second-order valence-electron chi connectivity index (χ2n) is 8.21. The predicted octanol–water partition coefficient (Wildman–Crippen LogP) is 1.49. The van der Waals surface area contributed by atoms with Crippen LogP contribution >= 0.6 is 0 Å². The lowest BCUT2D eigenvalue weighted by Crippen LogP contribution is -2.47. The van der Waals surface area contributed by atoms with E-state index >= 15 is 0 Å². The van der Waals surface area contributed by atoms with Gasteiger partial charge in [-0.3, -0.25) is 19.6 Å². The van der Waals surface area contributed by atoms with Crippen LogP contribution in [0.2, 0.25) is 0 Å². The first-order valence-corrected chi connectivity index (χ1v) is 11.4. The van der Waals surface area contributed by atoms with Crippen molar-refractivity contribution in [1.29, 1.82) is 0 Å². The van der Waals surface area contributed by atoms with Crippen molar-refractivity contribution < 1.29 is 19.1 Å². The monoisotopic (exact) mass is 508 g/mol. The number of hydrogen-bond acceptors (Lipinski definition) is 9. The van der Waals surface area contributed by atoms with E-state index in [0.717, 1.165) is 11.1 Å². The third kappa shape index (κ3) is 6.63. The van der Waals surface area contributed by atoms with Crippen molar-refractivity contribution in [3.8, 4) is 0 Å². The van der Waals surface area contributed by atoms with Gasteiger partial charge in [0, 0.05) is 31.9 Å². The first-order chi connectivity index (χ1) is 17.8. The topological polar surface area (TPSA) is 163 Å². The number of amidine groups is 1. The molecule has 1 aliphatic heterocycles. The molecule has 0 bridgehead atoms. The van der Waals surface area contributed by atoms with Gasteiger partial charge in [-0.2, -0.15) is 5.10 Å². The summed E-state index contributed by atoms with van der Waals surface area (Å²) in [6.07, 6.45) is 2.31. The first-order valence-electron chi connectivity index (χ1n) is 11.4. The SMILES string of the molecule is CNc1cccc(/C(=N/N)N(N)C(C)CO)n1.O=Cc1cc2c(cn1)CN(C(=O)c1ccc(F)cc1)C2. The van der Waals surface area contributed by atoms with Crippen LogP contribution in [0.25, 0.3) is 0 Å². The highest BCUT2D eigenvalue weighted by Gasteiger charge is 2.25. The Morgan fingerprint density at radius 1 is 1.27 bits per heavy atom. The van der Waals surface area contributed by atoms with E-state index in [1.165, 1.54) is 29.3 Å². The van der Waals surface area contributed by atoms with Gasteiger partial charge in [-0.25, -0.2) is 15.2 Å². The molecule has 0 fully saturated rings. The Labute approximate surface area is 213 Å². The largest absolute Gasteiger partial charge is 0.394 e. The average molecular weight is 509 g/mol. The minimum atomic E-state index is -0.369. The van der Waals surface area contributed by atoms with Crippen molar-refractivity contribution >= 4 is 23.8 Å². The molecule has 3 aromatic rings. The number of benzene rings is 1. The molecule has 1 unspecified atom stereocenters. The maximum atomic E-state index is 12.9. The fourth-order valence-corrected chi connectivity index (χ4v) is 3.54. The van der Waals surface area contributed by atoms with Gasteiger partial charge in [0.25, 0.3) is 5.91 Å². The summed E-state index contributed by atoms with van der Waals surface area (Å²) in [5.41, 5.74) is 3.22. The number of fused-ring (bicyclic) bond motifs is 1. The highest BCUT2D eigenvalue weighted by atomic mass is 19.1. The lowest BCUT2D eigenvalue weighted by Gasteiger charge is -2.24. The molecule has 0 radical (unpaired) electrons. The van der Waals surface area contributed by atoms with E-state index in [2.05, 4.69) is 20.4 Å². The van der Waals surface area contributed by atoms with Gasteiger partial charge in [-0.1, -0.05) is 6.07 Å². The quantitative estimate of drug-likeness (QED) is 0.127. The van der Waals surface area contributed by atoms with Gasteiger partial charge in [0.1, 0.15) is 23.0 Å². The van der Waals surface area contributed by atoms with Crippen LogP contribution in [0.5, 0.6) is 0 Å². The Balaban J connectivity index is 0.000000209. The molecule has 0 saturated heterocycles. The van der Waals surface area contributed by atoms with Gasteiger partial charge in [-0.05, 0) is 60.5 Å². The average Bonchev–Trinajstić information content (AvgIpc) is 3.37. The summed E-state index contributed by atoms with van der Waals surface area (Å²) in [6.45, 7) is 2.56. The molecule has 0 spiro atoms. The van der Waals surface area contributed by atoms with Crippen LogP contribution in [-0.4, -0.2) is 62.7 Å². The lowest BCUT2D eigenvalue weighted by molar-refractivity contribution is 0.0751. The van der Waals surface area contributed by atoms with E-state index in [1.807, 2.05) is 12.1 Å². The third-order valence-electron chi connectivity index (χ3n) is 5.67. The van der Waals surface area contributed by atoms with Crippen molar-refractivity contribution in [2.24, 2.45) is 16.8 Å². The van der Waals surface area contributed by atoms with E-state index in [-0.39, 0.29) is 24.4 Å². The number of nitrogens with zero attached hydrogens (tertiary/aromatic N) is 5. The number of aromatic nitrogens is 2. The smallest absolute Gasteiger partial charge is 0.254 e. The molecule has 2 aromatic heterocycles.